The molecule has 128 valence electrons. The average Bonchev–Trinajstić information content (AvgIpc) is 3.14. The van der Waals surface area contributed by atoms with E-state index in [1.54, 1.807) is 18.2 Å². The standard InChI is InChI=1S/C16H15N5O3S/c17-8-12(9-18)16(10-19)21-13-3-5-15(6-4-13)25(22,23)20-11-14-2-1-7-24-14/h3-6,14,20-21H,1-2,7,11H2. The molecule has 2 N–H and O–H groups in total. The van der Waals surface area contributed by atoms with E-state index in [2.05, 4.69) is 10.0 Å². The molecule has 1 heterocycles. The van der Waals surface area contributed by atoms with Crippen molar-refractivity contribution in [3.63, 3.8) is 0 Å². The van der Waals surface area contributed by atoms with Gasteiger partial charge in [-0.2, -0.15) is 15.8 Å². The summed E-state index contributed by atoms with van der Waals surface area (Å²) in [5.41, 5.74) is -0.160. The van der Waals surface area contributed by atoms with E-state index in [0.29, 0.717) is 12.3 Å². The van der Waals surface area contributed by atoms with Gasteiger partial charge in [-0.1, -0.05) is 0 Å². The first kappa shape index (κ1) is 18.4. The molecule has 9 heteroatoms. The number of hydrogen-bond acceptors (Lipinski definition) is 7. The summed E-state index contributed by atoms with van der Waals surface area (Å²) in [4.78, 5) is 0.0688. The minimum absolute atomic E-state index is 0.0688. The van der Waals surface area contributed by atoms with E-state index in [-0.39, 0.29) is 28.8 Å². The zero-order valence-corrected chi connectivity index (χ0v) is 14.0. The number of ether oxygens (including phenoxy) is 1. The molecule has 1 unspecified atom stereocenters. The lowest BCUT2D eigenvalue weighted by Crippen LogP contribution is -2.31. The monoisotopic (exact) mass is 357 g/mol. The molecule has 0 saturated carbocycles. The van der Waals surface area contributed by atoms with Crippen LogP contribution in [-0.4, -0.2) is 27.7 Å². The Kier molecular flexibility index (Phi) is 6.10. The molecule has 1 aliphatic heterocycles. The molecule has 0 amide bonds. The van der Waals surface area contributed by atoms with Crippen LogP contribution in [0, 0.1) is 34.0 Å². The van der Waals surface area contributed by atoms with Crippen LogP contribution in [0.4, 0.5) is 5.69 Å². The summed E-state index contributed by atoms with van der Waals surface area (Å²) in [7, 11) is -3.66. The molecule has 1 saturated heterocycles. The van der Waals surface area contributed by atoms with Crippen molar-refractivity contribution in [1.29, 1.82) is 15.8 Å². The highest BCUT2D eigenvalue weighted by molar-refractivity contribution is 7.89. The van der Waals surface area contributed by atoms with Crippen molar-refractivity contribution in [2.75, 3.05) is 18.5 Å². The molecule has 2 rings (SSSR count). The van der Waals surface area contributed by atoms with E-state index < -0.39 is 10.0 Å². The predicted octanol–water partition coefficient (Wildman–Crippen LogP) is 1.38. The van der Waals surface area contributed by atoms with E-state index >= 15 is 0 Å². The van der Waals surface area contributed by atoms with Gasteiger partial charge in [0.15, 0.2) is 5.57 Å². The molecule has 8 nitrogen and oxygen atoms in total. The molecule has 1 atom stereocenters. The molecule has 0 aliphatic carbocycles. The maximum absolute atomic E-state index is 12.2. The van der Waals surface area contributed by atoms with Gasteiger partial charge < -0.3 is 10.1 Å². The van der Waals surface area contributed by atoms with Crippen molar-refractivity contribution in [3.8, 4) is 18.2 Å². The summed E-state index contributed by atoms with van der Waals surface area (Å²) in [5, 5.41) is 29.2. The second-order valence-corrected chi connectivity index (χ2v) is 6.99. The highest BCUT2D eigenvalue weighted by atomic mass is 32.2. The van der Waals surface area contributed by atoms with Crippen LogP contribution in [0.25, 0.3) is 0 Å². The SMILES string of the molecule is N#CC(C#N)=C(C#N)Nc1ccc(S(=O)(=O)NCC2CCCO2)cc1. The van der Waals surface area contributed by atoms with E-state index in [4.69, 9.17) is 20.5 Å². The van der Waals surface area contributed by atoms with Gasteiger partial charge in [0.2, 0.25) is 10.0 Å². The lowest BCUT2D eigenvalue weighted by molar-refractivity contribution is 0.114. The van der Waals surface area contributed by atoms with Crippen LogP contribution >= 0.6 is 0 Å². The first-order valence-electron chi connectivity index (χ1n) is 7.43. The van der Waals surface area contributed by atoms with Crippen molar-refractivity contribution in [2.45, 2.75) is 23.8 Å². The Hall–Kier alpha value is -2.90. The van der Waals surface area contributed by atoms with Crippen LogP contribution in [0.3, 0.4) is 0 Å². The number of nitrogens with one attached hydrogen (secondary N) is 2. The Bertz CT molecular complexity index is 864. The smallest absolute Gasteiger partial charge is 0.240 e. The fraction of sp³-hybridized carbons (Fsp3) is 0.312. The molecule has 1 aliphatic rings. The summed E-state index contributed by atoms with van der Waals surface area (Å²) in [6.07, 6.45) is 1.65. The predicted molar refractivity (Wildman–Crippen MR) is 88.1 cm³/mol. The summed E-state index contributed by atoms with van der Waals surface area (Å²) in [6, 6.07) is 10.6. The van der Waals surface area contributed by atoms with E-state index in [9.17, 15) is 8.42 Å². The zero-order chi connectivity index (χ0) is 18.3. The minimum atomic E-state index is -3.66. The number of nitrogens with zero attached hydrogens (tertiary/aromatic N) is 3. The van der Waals surface area contributed by atoms with Crippen molar-refractivity contribution < 1.29 is 13.2 Å². The quantitative estimate of drug-likeness (QED) is 0.733. The molecular weight excluding hydrogens is 342 g/mol. The fourth-order valence-electron chi connectivity index (χ4n) is 2.24. The summed E-state index contributed by atoms with van der Waals surface area (Å²) < 4.78 is 32.4. The highest BCUT2D eigenvalue weighted by Gasteiger charge is 2.20. The summed E-state index contributed by atoms with van der Waals surface area (Å²) >= 11 is 0. The van der Waals surface area contributed by atoms with Gasteiger partial charge >= 0.3 is 0 Å². The Morgan fingerprint density at radius 2 is 1.84 bits per heavy atom. The molecule has 0 spiro atoms. The lowest BCUT2D eigenvalue weighted by Gasteiger charge is -2.12. The van der Waals surface area contributed by atoms with Crippen molar-refractivity contribution >= 4 is 15.7 Å². The second-order valence-electron chi connectivity index (χ2n) is 5.22. The number of sulfonamides is 1. The first-order valence-corrected chi connectivity index (χ1v) is 8.91. The molecule has 25 heavy (non-hydrogen) atoms. The van der Waals surface area contributed by atoms with E-state index in [1.165, 1.54) is 24.3 Å². The zero-order valence-electron chi connectivity index (χ0n) is 13.2. The summed E-state index contributed by atoms with van der Waals surface area (Å²) in [5.74, 6) is 0. The lowest BCUT2D eigenvalue weighted by atomic mass is 10.2. The summed E-state index contributed by atoms with van der Waals surface area (Å²) in [6.45, 7) is 0.867. The van der Waals surface area contributed by atoms with Gasteiger partial charge in [0.25, 0.3) is 0 Å². The third-order valence-electron chi connectivity index (χ3n) is 3.54. The molecule has 1 fully saturated rings. The molecule has 1 aromatic rings. The molecule has 0 radical (unpaired) electrons. The van der Waals surface area contributed by atoms with Gasteiger partial charge in [-0.25, -0.2) is 13.1 Å². The number of hydrogen-bond donors (Lipinski definition) is 2. The van der Waals surface area contributed by atoms with Crippen LogP contribution in [0.1, 0.15) is 12.8 Å². The van der Waals surface area contributed by atoms with Crippen molar-refractivity contribution in [1.82, 2.24) is 4.72 Å². The van der Waals surface area contributed by atoms with Gasteiger partial charge in [0, 0.05) is 18.8 Å². The molecule has 0 bridgehead atoms. The highest BCUT2D eigenvalue weighted by Crippen LogP contribution is 2.17. The largest absolute Gasteiger partial charge is 0.377 e. The van der Waals surface area contributed by atoms with Crippen LogP contribution in [0.2, 0.25) is 0 Å². The van der Waals surface area contributed by atoms with Gasteiger partial charge in [-0.15, -0.1) is 0 Å². The molecule has 1 aromatic carbocycles. The maximum Gasteiger partial charge on any atom is 0.240 e. The molecule has 0 aromatic heterocycles. The number of rotatable bonds is 6. The average molecular weight is 357 g/mol. The normalized spacial score (nSPS) is 16.3. The number of anilines is 1. The Morgan fingerprint density at radius 3 is 2.36 bits per heavy atom. The third kappa shape index (κ3) is 4.79. The van der Waals surface area contributed by atoms with Crippen molar-refractivity contribution in [2.24, 2.45) is 0 Å². The van der Waals surface area contributed by atoms with Crippen LogP contribution in [0.5, 0.6) is 0 Å². The van der Waals surface area contributed by atoms with E-state index in [1.807, 2.05) is 0 Å². The fourth-order valence-corrected chi connectivity index (χ4v) is 3.30. The van der Waals surface area contributed by atoms with Gasteiger partial charge in [-0.3, -0.25) is 0 Å². The topological polar surface area (TPSA) is 139 Å². The number of benzene rings is 1. The minimum Gasteiger partial charge on any atom is -0.377 e. The number of nitriles is 3. The maximum atomic E-state index is 12.2. The van der Waals surface area contributed by atoms with Crippen LogP contribution in [-0.2, 0) is 14.8 Å². The van der Waals surface area contributed by atoms with E-state index in [0.717, 1.165) is 12.8 Å². The Morgan fingerprint density at radius 1 is 1.16 bits per heavy atom. The van der Waals surface area contributed by atoms with Crippen molar-refractivity contribution in [3.05, 3.63) is 35.5 Å². The second kappa shape index (κ2) is 8.27. The van der Waals surface area contributed by atoms with Crippen LogP contribution < -0.4 is 10.0 Å². The van der Waals surface area contributed by atoms with Gasteiger partial charge in [0.1, 0.15) is 23.9 Å². The Balaban J connectivity index is 2.09. The van der Waals surface area contributed by atoms with Gasteiger partial charge in [0.05, 0.1) is 11.0 Å². The molecular formula is C16H15N5O3S. The number of allylic oxidation sites excluding steroid dienone is 2. The van der Waals surface area contributed by atoms with Crippen LogP contribution in [0.15, 0.2) is 40.4 Å². The first-order chi connectivity index (χ1) is 12.0. The Labute approximate surface area is 146 Å². The third-order valence-corrected chi connectivity index (χ3v) is 4.98. The van der Waals surface area contributed by atoms with Gasteiger partial charge in [-0.05, 0) is 37.1 Å².